The molecule has 0 N–H and O–H groups in total. The van der Waals surface area contributed by atoms with E-state index in [1.165, 1.54) is 5.56 Å². The van der Waals surface area contributed by atoms with Crippen molar-refractivity contribution in [2.45, 2.75) is 19.1 Å². The zero-order valence-electron chi connectivity index (χ0n) is 11.3. The summed E-state index contributed by atoms with van der Waals surface area (Å²) in [6, 6.07) is 5.84. The Morgan fingerprint density at radius 1 is 1.29 bits per heavy atom. The molecule has 2 heterocycles. The number of hydrogen-bond donors (Lipinski definition) is 0. The third-order valence-corrected chi connectivity index (χ3v) is 4.57. The van der Waals surface area contributed by atoms with Gasteiger partial charge in [-0.25, -0.2) is 4.98 Å². The van der Waals surface area contributed by atoms with Crippen LogP contribution < -0.4 is 9.64 Å². The van der Waals surface area contributed by atoms with Crippen molar-refractivity contribution in [2.24, 2.45) is 0 Å². The number of methoxy groups -OCH3 is 1. The first-order valence-corrected chi connectivity index (χ1v) is 7.23. The van der Waals surface area contributed by atoms with Crippen LogP contribution in [0.3, 0.4) is 0 Å². The molecular weight excluding hydrogens is 301 g/mol. The zero-order chi connectivity index (χ0) is 15.0. The molecule has 1 aliphatic rings. The van der Waals surface area contributed by atoms with Gasteiger partial charge >= 0.3 is 6.18 Å². The molecule has 0 aliphatic carbocycles. The van der Waals surface area contributed by atoms with E-state index in [2.05, 4.69) is 4.98 Å². The van der Waals surface area contributed by atoms with Gasteiger partial charge in [0.15, 0.2) is 5.13 Å². The van der Waals surface area contributed by atoms with Gasteiger partial charge in [-0.2, -0.15) is 13.2 Å². The lowest BCUT2D eigenvalue weighted by Gasteiger charge is -2.28. The van der Waals surface area contributed by atoms with Crippen molar-refractivity contribution >= 4 is 16.5 Å². The van der Waals surface area contributed by atoms with Crippen LogP contribution in [0.2, 0.25) is 0 Å². The summed E-state index contributed by atoms with van der Waals surface area (Å²) in [4.78, 5) is 5.13. The number of halogens is 3. The van der Waals surface area contributed by atoms with Crippen molar-refractivity contribution in [1.29, 1.82) is 0 Å². The van der Waals surface area contributed by atoms with Crippen molar-refractivity contribution in [1.82, 2.24) is 4.98 Å². The number of benzene rings is 1. The largest absolute Gasteiger partial charge is 0.497 e. The van der Waals surface area contributed by atoms with Gasteiger partial charge in [-0.05, 0) is 29.7 Å². The standard InChI is InChI=1S/C14H13F3N2OS/c1-20-11-3-2-9-4-5-19(8-10(9)6-11)13-18-7-12(21-13)14(15,16)17/h2-3,6-7H,4-5,8H2,1H3. The summed E-state index contributed by atoms with van der Waals surface area (Å²) in [6.07, 6.45) is -2.63. The summed E-state index contributed by atoms with van der Waals surface area (Å²) in [5.74, 6) is 0.755. The van der Waals surface area contributed by atoms with Crippen LogP contribution in [0.25, 0.3) is 0 Å². The molecule has 2 aromatic rings. The van der Waals surface area contributed by atoms with Gasteiger partial charge in [0.05, 0.1) is 13.3 Å². The highest BCUT2D eigenvalue weighted by Gasteiger charge is 2.34. The zero-order valence-corrected chi connectivity index (χ0v) is 12.1. The first-order valence-electron chi connectivity index (χ1n) is 6.41. The lowest BCUT2D eigenvalue weighted by Crippen LogP contribution is -2.30. The van der Waals surface area contributed by atoms with E-state index < -0.39 is 11.1 Å². The normalized spacial score (nSPS) is 15.0. The number of alkyl halides is 3. The molecule has 0 amide bonds. The van der Waals surface area contributed by atoms with Crippen LogP contribution in [0.5, 0.6) is 5.75 Å². The first kappa shape index (κ1) is 14.2. The highest BCUT2D eigenvalue weighted by molar-refractivity contribution is 7.15. The molecule has 21 heavy (non-hydrogen) atoms. The molecular formula is C14H13F3N2OS. The highest BCUT2D eigenvalue weighted by Crippen LogP contribution is 2.37. The molecule has 112 valence electrons. The van der Waals surface area contributed by atoms with Crippen molar-refractivity contribution in [3.63, 3.8) is 0 Å². The van der Waals surface area contributed by atoms with Gasteiger partial charge in [0.25, 0.3) is 0 Å². The minimum absolute atomic E-state index is 0.413. The highest BCUT2D eigenvalue weighted by atomic mass is 32.1. The maximum Gasteiger partial charge on any atom is 0.427 e. The second kappa shape index (κ2) is 5.22. The maximum absolute atomic E-state index is 12.6. The second-order valence-electron chi connectivity index (χ2n) is 4.81. The fourth-order valence-electron chi connectivity index (χ4n) is 2.37. The number of ether oxygens (including phenoxy) is 1. The number of aromatic nitrogens is 1. The van der Waals surface area contributed by atoms with Gasteiger partial charge in [-0.15, -0.1) is 0 Å². The number of fused-ring (bicyclic) bond motifs is 1. The summed E-state index contributed by atoms with van der Waals surface area (Å²) >= 11 is 0.690. The van der Waals surface area contributed by atoms with Crippen molar-refractivity contribution in [3.05, 3.63) is 40.4 Å². The molecule has 1 aromatic carbocycles. The monoisotopic (exact) mass is 314 g/mol. The van der Waals surface area contributed by atoms with Crippen LogP contribution in [0, 0.1) is 0 Å². The second-order valence-corrected chi connectivity index (χ2v) is 5.82. The molecule has 0 fully saturated rings. The fraction of sp³-hybridized carbons (Fsp3) is 0.357. The summed E-state index contributed by atoms with van der Waals surface area (Å²) in [7, 11) is 1.60. The van der Waals surface area contributed by atoms with Crippen LogP contribution in [-0.2, 0) is 19.1 Å². The lowest BCUT2D eigenvalue weighted by atomic mass is 10.00. The predicted molar refractivity (Wildman–Crippen MR) is 74.9 cm³/mol. The van der Waals surface area contributed by atoms with E-state index in [0.29, 0.717) is 29.6 Å². The molecule has 0 spiro atoms. The van der Waals surface area contributed by atoms with Crippen LogP contribution in [0.1, 0.15) is 16.0 Å². The Kier molecular flexibility index (Phi) is 3.52. The number of anilines is 1. The number of rotatable bonds is 2. The quantitative estimate of drug-likeness (QED) is 0.844. The molecule has 3 rings (SSSR count). The topological polar surface area (TPSA) is 25.4 Å². The van der Waals surface area contributed by atoms with Crippen LogP contribution >= 0.6 is 11.3 Å². The number of thiazole rings is 1. The molecule has 0 saturated heterocycles. The molecule has 0 radical (unpaired) electrons. The summed E-state index contributed by atoms with van der Waals surface area (Å²) in [5, 5.41) is 0.413. The molecule has 0 saturated carbocycles. The summed E-state index contributed by atoms with van der Waals surface area (Å²) in [5.41, 5.74) is 2.28. The Morgan fingerprint density at radius 3 is 2.76 bits per heavy atom. The Labute approximate surface area is 124 Å². The SMILES string of the molecule is COc1ccc2c(c1)CN(c1ncc(C(F)(F)F)s1)CC2. The average Bonchev–Trinajstić information content (AvgIpc) is 2.96. The van der Waals surface area contributed by atoms with Crippen molar-refractivity contribution in [3.8, 4) is 5.75 Å². The van der Waals surface area contributed by atoms with Gasteiger partial charge in [0, 0.05) is 13.1 Å². The first-order chi connectivity index (χ1) is 9.97. The van der Waals surface area contributed by atoms with Gasteiger partial charge in [-0.3, -0.25) is 0 Å². The van der Waals surface area contributed by atoms with E-state index in [4.69, 9.17) is 4.74 Å². The predicted octanol–water partition coefficient (Wildman–Crippen LogP) is 3.73. The third kappa shape index (κ3) is 2.83. The fourth-order valence-corrected chi connectivity index (χ4v) is 3.17. The minimum Gasteiger partial charge on any atom is -0.497 e. The summed E-state index contributed by atoms with van der Waals surface area (Å²) in [6.45, 7) is 1.22. The summed E-state index contributed by atoms with van der Waals surface area (Å²) < 4.78 is 43.1. The molecule has 0 bridgehead atoms. The molecule has 7 heteroatoms. The molecule has 1 aromatic heterocycles. The average molecular weight is 314 g/mol. The van der Waals surface area contributed by atoms with Crippen LogP contribution in [0.4, 0.5) is 18.3 Å². The van der Waals surface area contributed by atoms with Crippen molar-refractivity contribution < 1.29 is 17.9 Å². The minimum atomic E-state index is -4.33. The molecule has 3 nitrogen and oxygen atoms in total. The van der Waals surface area contributed by atoms with E-state index >= 15 is 0 Å². The third-order valence-electron chi connectivity index (χ3n) is 3.47. The van der Waals surface area contributed by atoms with E-state index in [0.717, 1.165) is 23.9 Å². The number of hydrogen-bond acceptors (Lipinski definition) is 4. The van der Waals surface area contributed by atoms with E-state index in [1.54, 1.807) is 7.11 Å². The Morgan fingerprint density at radius 2 is 2.10 bits per heavy atom. The van der Waals surface area contributed by atoms with Gasteiger partial charge in [0.2, 0.25) is 0 Å². The van der Waals surface area contributed by atoms with E-state index in [9.17, 15) is 13.2 Å². The lowest BCUT2D eigenvalue weighted by molar-refractivity contribution is -0.134. The number of nitrogens with zero attached hydrogens (tertiary/aromatic N) is 2. The Hall–Kier alpha value is -1.76. The van der Waals surface area contributed by atoms with Crippen molar-refractivity contribution in [2.75, 3.05) is 18.6 Å². The van der Waals surface area contributed by atoms with E-state index in [-0.39, 0.29) is 0 Å². The Bertz CT molecular complexity index is 654. The van der Waals surface area contributed by atoms with E-state index in [1.807, 2.05) is 23.1 Å². The maximum atomic E-state index is 12.6. The van der Waals surface area contributed by atoms with Crippen LogP contribution in [0.15, 0.2) is 24.4 Å². The smallest absolute Gasteiger partial charge is 0.427 e. The van der Waals surface area contributed by atoms with Gasteiger partial charge in [-0.1, -0.05) is 17.4 Å². The van der Waals surface area contributed by atoms with Gasteiger partial charge < -0.3 is 9.64 Å². The molecule has 0 unspecified atom stereocenters. The molecule has 0 atom stereocenters. The Balaban J connectivity index is 1.84. The molecule has 1 aliphatic heterocycles. The van der Waals surface area contributed by atoms with Crippen LogP contribution in [-0.4, -0.2) is 18.6 Å². The van der Waals surface area contributed by atoms with Gasteiger partial charge in [0.1, 0.15) is 10.6 Å².